The van der Waals surface area contributed by atoms with E-state index in [1.54, 1.807) is 0 Å². The van der Waals surface area contributed by atoms with Crippen molar-refractivity contribution in [2.24, 2.45) is 0 Å². The first-order valence-corrected chi connectivity index (χ1v) is 5.60. The van der Waals surface area contributed by atoms with E-state index in [1.165, 1.54) is 30.5 Å². The molecule has 1 heterocycles. The molecule has 2 aromatic rings. The van der Waals surface area contributed by atoms with Crippen molar-refractivity contribution in [3.63, 3.8) is 0 Å². The van der Waals surface area contributed by atoms with Crippen molar-refractivity contribution in [1.29, 1.82) is 0 Å². The lowest BCUT2D eigenvalue weighted by atomic mass is 10.0. The molecule has 20 heavy (non-hydrogen) atoms. The van der Waals surface area contributed by atoms with Crippen LogP contribution in [0, 0.1) is 5.82 Å². The third-order valence-electron chi connectivity index (χ3n) is 2.69. The number of esters is 1. The maximum Gasteiger partial charge on any atom is 0.354 e. The minimum absolute atomic E-state index is 0.0935. The zero-order valence-corrected chi connectivity index (χ0v) is 10.5. The molecule has 0 spiro atoms. The van der Waals surface area contributed by atoms with Gasteiger partial charge in [0.1, 0.15) is 11.5 Å². The summed E-state index contributed by atoms with van der Waals surface area (Å²) in [5.41, 5.74) is 0.827. The average Bonchev–Trinajstić information content (AvgIpc) is 2.47. The van der Waals surface area contributed by atoms with Crippen LogP contribution in [0.15, 0.2) is 36.5 Å². The van der Waals surface area contributed by atoms with Crippen LogP contribution in [0.5, 0.6) is 0 Å². The van der Waals surface area contributed by atoms with Gasteiger partial charge in [-0.2, -0.15) is 0 Å². The maximum atomic E-state index is 13.5. The number of benzene rings is 1. The van der Waals surface area contributed by atoms with Crippen molar-refractivity contribution >= 4 is 11.9 Å². The van der Waals surface area contributed by atoms with E-state index in [-0.39, 0.29) is 11.3 Å². The summed E-state index contributed by atoms with van der Waals surface area (Å²) < 4.78 is 18.0. The number of rotatable bonds is 3. The number of halogens is 1. The van der Waals surface area contributed by atoms with Crippen molar-refractivity contribution in [2.75, 3.05) is 7.11 Å². The predicted octanol–water partition coefficient (Wildman–Crippen LogP) is 2.37. The van der Waals surface area contributed by atoms with E-state index in [4.69, 9.17) is 5.11 Å². The van der Waals surface area contributed by atoms with Crippen LogP contribution in [0.3, 0.4) is 0 Å². The third kappa shape index (κ3) is 2.64. The number of nitrogens with zero attached hydrogens (tertiary/aromatic N) is 1. The normalized spacial score (nSPS) is 10.1. The number of pyridine rings is 1. The van der Waals surface area contributed by atoms with Crippen molar-refractivity contribution in [3.8, 4) is 11.1 Å². The SMILES string of the molecule is COC(=O)c1cc(-c2ccc(C(=O)O)nc2)ccc1F. The van der Waals surface area contributed by atoms with Gasteiger partial charge >= 0.3 is 11.9 Å². The van der Waals surface area contributed by atoms with Gasteiger partial charge in [-0.3, -0.25) is 0 Å². The Hall–Kier alpha value is -2.76. The molecular weight excluding hydrogens is 265 g/mol. The summed E-state index contributed by atoms with van der Waals surface area (Å²) >= 11 is 0. The number of aromatic carboxylic acids is 1. The molecule has 1 N–H and O–H groups in total. The molecular formula is C14H10FNO4. The van der Waals surface area contributed by atoms with Gasteiger partial charge in [-0.05, 0) is 23.8 Å². The highest BCUT2D eigenvalue weighted by Gasteiger charge is 2.13. The second kappa shape index (κ2) is 5.48. The van der Waals surface area contributed by atoms with E-state index in [2.05, 4.69) is 9.72 Å². The molecule has 5 nitrogen and oxygen atoms in total. The number of carboxylic acid groups (broad SMARTS) is 1. The van der Waals surface area contributed by atoms with Crippen LogP contribution in [0.2, 0.25) is 0 Å². The molecule has 0 atom stereocenters. The fourth-order valence-electron chi connectivity index (χ4n) is 1.66. The highest BCUT2D eigenvalue weighted by Crippen LogP contribution is 2.22. The molecule has 2 rings (SSSR count). The quantitative estimate of drug-likeness (QED) is 0.870. The van der Waals surface area contributed by atoms with Crippen LogP contribution >= 0.6 is 0 Å². The van der Waals surface area contributed by atoms with E-state index in [0.29, 0.717) is 11.1 Å². The molecule has 0 fully saturated rings. The minimum atomic E-state index is -1.13. The minimum Gasteiger partial charge on any atom is -0.477 e. The summed E-state index contributed by atoms with van der Waals surface area (Å²) in [7, 11) is 1.16. The third-order valence-corrected chi connectivity index (χ3v) is 2.69. The van der Waals surface area contributed by atoms with Crippen molar-refractivity contribution in [3.05, 3.63) is 53.6 Å². The Morgan fingerprint density at radius 2 is 1.90 bits per heavy atom. The van der Waals surface area contributed by atoms with Crippen LogP contribution in [-0.4, -0.2) is 29.1 Å². The van der Waals surface area contributed by atoms with Gasteiger partial charge in [0, 0.05) is 11.8 Å². The molecule has 0 saturated carbocycles. The largest absolute Gasteiger partial charge is 0.477 e. The first-order chi connectivity index (χ1) is 9.52. The predicted molar refractivity (Wildman–Crippen MR) is 67.9 cm³/mol. The van der Waals surface area contributed by atoms with Gasteiger partial charge in [-0.1, -0.05) is 12.1 Å². The molecule has 1 aromatic heterocycles. The van der Waals surface area contributed by atoms with Gasteiger partial charge in [-0.25, -0.2) is 19.0 Å². The monoisotopic (exact) mass is 275 g/mol. The van der Waals surface area contributed by atoms with Gasteiger partial charge in [0.05, 0.1) is 12.7 Å². The Balaban J connectivity index is 2.42. The summed E-state index contributed by atoms with van der Waals surface area (Å²) in [6, 6.07) is 6.81. The number of ether oxygens (including phenoxy) is 1. The number of aromatic nitrogens is 1. The molecule has 1 aromatic carbocycles. The van der Waals surface area contributed by atoms with E-state index >= 15 is 0 Å². The Bertz CT molecular complexity index is 667. The topological polar surface area (TPSA) is 76.5 Å². The lowest BCUT2D eigenvalue weighted by molar-refractivity contribution is 0.0594. The second-order valence-corrected chi connectivity index (χ2v) is 3.92. The molecule has 102 valence electrons. The fourth-order valence-corrected chi connectivity index (χ4v) is 1.66. The number of carbonyl (C=O) groups is 2. The van der Waals surface area contributed by atoms with Crippen LogP contribution in [0.1, 0.15) is 20.8 Å². The van der Waals surface area contributed by atoms with Crippen LogP contribution in [0.4, 0.5) is 4.39 Å². The van der Waals surface area contributed by atoms with E-state index < -0.39 is 17.8 Å². The molecule has 0 amide bonds. The summed E-state index contributed by atoms with van der Waals surface area (Å²) in [5, 5.41) is 8.76. The second-order valence-electron chi connectivity index (χ2n) is 3.92. The number of carboxylic acids is 1. The summed E-state index contributed by atoms with van der Waals surface area (Å²) in [6.45, 7) is 0. The zero-order valence-electron chi connectivity index (χ0n) is 10.5. The van der Waals surface area contributed by atoms with E-state index in [1.807, 2.05) is 0 Å². The maximum absolute atomic E-state index is 13.5. The lowest BCUT2D eigenvalue weighted by Gasteiger charge is -2.05. The van der Waals surface area contributed by atoms with Gasteiger partial charge in [0.2, 0.25) is 0 Å². The molecule has 6 heteroatoms. The Morgan fingerprint density at radius 1 is 1.20 bits per heavy atom. The van der Waals surface area contributed by atoms with E-state index in [0.717, 1.165) is 13.2 Å². The summed E-state index contributed by atoms with van der Waals surface area (Å²) in [5.74, 6) is -2.60. The standard InChI is InChI=1S/C14H10FNO4/c1-20-14(19)10-6-8(2-4-11(10)15)9-3-5-12(13(17)18)16-7-9/h2-7H,1H3,(H,17,18). The van der Waals surface area contributed by atoms with Crippen molar-refractivity contribution < 1.29 is 23.8 Å². The van der Waals surface area contributed by atoms with Crippen molar-refractivity contribution in [1.82, 2.24) is 4.98 Å². The van der Waals surface area contributed by atoms with Crippen LogP contribution < -0.4 is 0 Å². The fraction of sp³-hybridized carbons (Fsp3) is 0.0714. The number of hydrogen-bond donors (Lipinski definition) is 1. The first-order valence-electron chi connectivity index (χ1n) is 5.60. The lowest BCUT2D eigenvalue weighted by Crippen LogP contribution is -2.04. The summed E-state index contributed by atoms with van der Waals surface area (Å²) in [4.78, 5) is 25.9. The van der Waals surface area contributed by atoms with Gasteiger partial charge in [-0.15, -0.1) is 0 Å². The molecule has 0 unspecified atom stereocenters. The van der Waals surface area contributed by atoms with Crippen LogP contribution in [-0.2, 0) is 4.74 Å². The molecule has 0 aliphatic heterocycles. The Kier molecular flexibility index (Phi) is 3.74. The number of carbonyl (C=O) groups excluding carboxylic acids is 1. The molecule has 0 bridgehead atoms. The first kappa shape index (κ1) is 13.7. The molecule has 0 radical (unpaired) electrons. The highest BCUT2D eigenvalue weighted by molar-refractivity contribution is 5.91. The average molecular weight is 275 g/mol. The molecule has 0 aliphatic carbocycles. The Morgan fingerprint density at radius 3 is 2.45 bits per heavy atom. The molecule has 0 saturated heterocycles. The Labute approximate surface area is 113 Å². The van der Waals surface area contributed by atoms with Gasteiger partial charge < -0.3 is 9.84 Å². The zero-order chi connectivity index (χ0) is 14.7. The number of methoxy groups -OCH3 is 1. The molecule has 0 aliphatic rings. The van der Waals surface area contributed by atoms with Crippen LogP contribution in [0.25, 0.3) is 11.1 Å². The number of hydrogen-bond acceptors (Lipinski definition) is 4. The van der Waals surface area contributed by atoms with E-state index in [9.17, 15) is 14.0 Å². The highest BCUT2D eigenvalue weighted by atomic mass is 19.1. The smallest absolute Gasteiger partial charge is 0.354 e. The van der Waals surface area contributed by atoms with Crippen molar-refractivity contribution in [2.45, 2.75) is 0 Å². The van der Waals surface area contributed by atoms with Gasteiger partial charge in [0.25, 0.3) is 0 Å². The van der Waals surface area contributed by atoms with Gasteiger partial charge in [0.15, 0.2) is 0 Å². The summed E-state index contributed by atoms with van der Waals surface area (Å²) in [6.07, 6.45) is 1.34.